The normalized spacial score (nSPS) is 18.3. The van der Waals surface area contributed by atoms with Crippen LogP contribution in [0.15, 0.2) is 30.3 Å². The summed E-state index contributed by atoms with van der Waals surface area (Å²) in [5.74, 6) is -0.558. The Bertz CT molecular complexity index is 706. The maximum atomic E-state index is 12.3. The second-order valence-electron chi connectivity index (χ2n) is 6.43. The number of carbonyl (C=O) groups is 2. The predicted octanol–water partition coefficient (Wildman–Crippen LogP) is 0.984. The number of rotatable bonds is 8. The molecule has 7 nitrogen and oxygen atoms in total. The van der Waals surface area contributed by atoms with Crippen LogP contribution >= 0.6 is 0 Å². The van der Waals surface area contributed by atoms with E-state index in [4.69, 9.17) is 0 Å². The smallest absolute Gasteiger partial charge is 0.251 e. The fraction of sp³-hybridized carbons (Fsp3) is 0.556. The van der Waals surface area contributed by atoms with Crippen molar-refractivity contribution in [1.29, 1.82) is 0 Å². The zero-order valence-electron chi connectivity index (χ0n) is 15.1. The van der Waals surface area contributed by atoms with Crippen molar-refractivity contribution in [2.45, 2.75) is 26.2 Å². The van der Waals surface area contributed by atoms with Gasteiger partial charge in [0, 0.05) is 31.7 Å². The standard InChI is InChI=1S/C18H27N3O4S/c1-2-13-26(24,25)21-12-6-9-16(14-21)18(23)20-11-10-19-17(22)15-7-4-3-5-8-15/h3-5,7-8,16H,2,6,9-14H2,1H3,(H,19,22)(H,20,23). The Morgan fingerprint density at radius 2 is 1.85 bits per heavy atom. The Labute approximate surface area is 155 Å². The lowest BCUT2D eigenvalue weighted by molar-refractivity contribution is -0.126. The molecule has 0 spiro atoms. The van der Waals surface area contributed by atoms with Gasteiger partial charge >= 0.3 is 0 Å². The summed E-state index contributed by atoms with van der Waals surface area (Å²) in [6.45, 7) is 3.19. The topological polar surface area (TPSA) is 95.6 Å². The van der Waals surface area contributed by atoms with Crippen molar-refractivity contribution >= 4 is 21.8 Å². The van der Waals surface area contributed by atoms with Crippen LogP contribution in [0.1, 0.15) is 36.5 Å². The first-order valence-corrected chi connectivity index (χ1v) is 10.6. The van der Waals surface area contributed by atoms with Crippen LogP contribution in [0.25, 0.3) is 0 Å². The molecule has 144 valence electrons. The quantitative estimate of drug-likeness (QED) is 0.656. The number of piperidine rings is 1. The van der Waals surface area contributed by atoms with E-state index in [1.807, 2.05) is 13.0 Å². The Kier molecular flexibility index (Phi) is 7.59. The highest BCUT2D eigenvalue weighted by atomic mass is 32.2. The second-order valence-corrected chi connectivity index (χ2v) is 8.51. The van der Waals surface area contributed by atoms with E-state index in [1.54, 1.807) is 24.3 Å². The van der Waals surface area contributed by atoms with Crippen molar-refractivity contribution in [2.24, 2.45) is 5.92 Å². The Balaban J connectivity index is 1.74. The molecule has 1 aliphatic heterocycles. The van der Waals surface area contributed by atoms with Crippen LogP contribution in [0.4, 0.5) is 0 Å². The third-order valence-corrected chi connectivity index (χ3v) is 6.40. The summed E-state index contributed by atoms with van der Waals surface area (Å²) in [6.07, 6.45) is 1.93. The molecule has 26 heavy (non-hydrogen) atoms. The summed E-state index contributed by atoms with van der Waals surface area (Å²) >= 11 is 0. The van der Waals surface area contributed by atoms with Gasteiger partial charge in [0.05, 0.1) is 11.7 Å². The highest BCUT2D eigenvalue weighted by molar-refractivity contribution is 7.89. The Morgan fingerprint density at radius 1 is 1.15 bits per heavy atom. The fourth-order valence-corrected chi connectivity index (χ4v) is 4.58. The zero-order chi connectivity index (χ0) is 19.0. The molecule has 2 rings (SSSR count). The summed E-state index contributed by atoms with van der Waals surface area (Å²) in [5.41, 5.74) is 0.572. The van der Waals surface area contributed by atoms with Crippen molar-refractivity contribution in [3.05, 3.63) is 35.9 Å². The summed E-state index contributed by atoms with van der Waals surface area (Å²) < 4.78 is 25.8. The number of nitrogens with one attached hydrogen (secondary N) is 2. The van der Waals surface area contributed by atoms with E-state index in [1.165, 1.54) is 4.31 Å². The third-order valence-electron chi connectivity index (χ3n) is 4.36. The van der Waals surface area contributed by atoms with Crippen LogP contribution < -0.4 is 10.6 Å². The van der Waals surface area contributed by atoms with Crippen LogP contribution in [0.2, 0.25) is 0 Å². The third kappa shape index (κ3) is 5.81. The van der Waals surface area contributed by atoms with Gasteiger partial charge in [-0.3, -0.25) is 9.59 Å². The molecule has 0 aliphatic carbocycles. The number of amides is 2. The van der Waals surface area contributed by atoms with Crippen LogP contribution in [-0.2, 0) is 14.8 Å². The highest BCUT2D eigenvalue weighted by Crippen LogP contribution is 2.20. The van der Waals surface area contributed by atoms with E-state index in [9.17, 15) is 18.0 Å². The fourth-order valence-electron chi connectivity index (χ4n) is 2.99. The minimum Gasteiger partial charge on any atom is -0.354 e. The number of nitrogens with zero attached hydrogens (tertiary/aromatic N) is 1. The number of hydrogen-bond donors (Lipinski definition) is 2. The number of benzene rings is 1. The van der Waals surface area contributed by atoms with E-state index in [0.29, 0.717) is 44.5 Å². The average Bonchev–Trinajstić information content (AvgIpc) is 2.65. The van der Waals surface area contributed by atoms with Crippen molar-refractivity contribution in [2.75, 3.05) is 31.9 Å². The maximum Gasteiger partial charge on any atom is 0.251 e. The first-order chi connectivity index (χ1) is 12.4. The molecule has 2 amide bonds. The Morgan fingerprint density at radius 3 is 2.54 bits per heavy atom. The molecule has 1 saturated heterocycles. The first-order valence-electron chi connectivity index (χ1n) is 9.03. The van der Waals surface area contributed by atoms with Gasteiger partial charge in [0.2, 0.25) is 15.9 Å². The molecular formula is C18H27N3O4S. The van der Waals surface area contributed by atoms with Gasteiger partial charge in [-0.25, -0.2) is 12.7 Å². The van der Waals surface area contributed by atoms with Gasteiger partial charge in [-0.05, 0) is 31.4 Å². The van der Waals surface area contributed by atoms with E-state index in [-0.39, 0.29) is 30.0 Å². The van der Waals surface area contributed by atoms with Crippen LogP contribution in [0.3, 0.4) is 0 Å². The molecule has 0 bridgehead atoms. The van der Waals surface area contributed by atoms with E-state index in [0.717, 1.165) is 0 Å². The molecule has 1 unspecified atom stereocenters. The summed E-state index contributed by atoms with van der Waals surface area (Å²) in [6, 6.07) is 8.87. The summed E-state index contributed by atoms with van der Waals surface area (Å²) in [4.78, 5) is 24.2. The largest absolute Gasteiger partial charge is 0.354 e. The van der Waals surface area contributed by atoms with Crippen LogP contribution in [0.5, 0.6) is 0 Å². The monoisotopic (exact) mass is 381 g/mol. The lowest BCUT2D eigenvalue weighted by atomic mass is 9.99. The van der Waals surface area contributed by atoms with E-state index in [2.05, 4.69) is 10.6 Å². The zero-order valence-corrected chi connectivity index (χ0v) is 15.9. The molecule has 1 aliphatic rings. The average molecular weight is 381 g/mol. The van der Waals surface area contributed by atoms with Crippen molar-refractivity contribution in [3.63, 3.8) is 0 Å². The second kappa shape index (κ2) is 9.68. The van der Waals surface area contributed by atoms with Gasteiger partial charge in [-0.2, -0.15) is 0 Å². The molecule has 0 aromatic heterocycles. The van der Waals surface area contributed by atoms with Gasteiger partial charge < -0.3 is 10.6 Å². The Hall–Kier alpha value is -1.93. The molecule has 2 N–H and O–H groups in total. The van der Waals surface area contributed by atoms with Gasteiger partial charge in [-0.1, -0.05) is 25.1 Å². The lowest BCUT2D eigenvalue weighted by Gasteiger charge is -2.31. The summed E-state index contributed by atoms with van der Waals surface area (Å²) in [5, 5.41) is 5.54. The predicted molar refractivity (Wildman–Crippen MR) is 100 cm³/mol. The summed E-state index contributed by atoms with van der Waals surface area (Å²) in [7, 11) is -3.27. The van der Waals surface area contributed by atoms with Gasteiger partial charge in [-0.15, -0.1) is 0 Å². The maximum absolute atomic E-state index is 12.3. The van der Waals surface area contributed by atoms with Crippen molar-refractivity contribution < 1.29 is 18.0 Å². The van der Waals surface area contributed by atoms with Crippen molar-refractivity contribution in [3.8, 4) is 0 Å². The van der Waals surface area contributed by atoms with E-state index < -0.39 is 10.0 Å². The van der Waals surface area contributed by atoms with Crippen molar-refractivity contribution in [1.82, 2.24) is 14.9 Å². The number of sulfonamides is 1. The van der Waals surface area contributed by atoms with Gasteiger partial charge in [0.15, 0.2) is 0 Å². The lowest BCUT2D eigenvalue weighted by Crippen LogP contribution is -2.47. The van der Waals surface area contributed by atoms with Crippen LogP contribution in [0, 0.1) is 5.92 Å². The van der Waals surface area contributed by atoms with Gasteiger partial charge in [0.1, 0.15) is 0 Å². The molecule has 1 aromatic carbocycles. The minimum atomic E-state index is -3.27. The molecule has 1 heterocycles. The molecule has 8 heteroatoms. The number of hydrogen-bond acceptors (Lipinski definition) is 4. The molecule has 0 saturated carbocycles. The number of carbonyl (C=O) groups excluding carboxylic acids is 2. The van der Waals surface area contributed by atoms with E-state index >= 15 is 0 Å². The molecule has 1 aromatic rings. The van der Waals surface area contributed by atoms with Gasteiger partial charge in [0.25, 0.3) is 5.91 Å². The molecular weight excluding hydrogens is 354 g/mol. The molecule has 1 fully saturated rings. The SMILES string of the molecule is CCCS(=O)(=O)N1CCCC(C(=O)NCCNC(=O)c2ccccc2)C1. The first kappa shape index (κ1) is 20.4. The highest BCUT2D eigenvalue weighted by Gasteiger charge is 2.31. The van der Waals surface area contributed by atoms with Crippen LogP contribution in [-0.4, -0.2) is 56.5 Å². The molecule has 0 radical (unpaired) electrons. The minimum absolute atomic E-state index is 0.118. The molecule has 1 atom stereocenters.